The van der Waals surface area contributed by atoms with E-state index < -0.39 is 5.82 Å². The van der Waals surface area contributed by atoms with Crippen LogP contribution in [0.2, 0.25) is 0 Å². The van der Waals surface area contributed by atoms with Crippen molar-refractivity contribution in [2.75, 3.05) is 27.7 Å². The van der Waals surface area contributed by atoms with Crippen molar-refractivity contribution in [2.45, 2.75) is 6.42 Å². The van der Waals surface area contributed by atoms with Crippen molar-refractivity contribution in [3.05, 3.63) is 59.4 Å². The largest absolute Gasteiger partial charge is 0.493 e. The Morgan fingerprint density at radius 1 is 1.15 bits per heavy atom. The van der Waals surface area contributed by atoms with Crippen molar-refractivity contribution in [3.8, 4) is 16.9 Å². The number of pyridine rings is 1. The van der Waals surface area contributed by atoms with Gasteiger partial charge in [-0.25, -0.2) is 4.39 Å². The molecular weight excluding hydrogens is 359 g/mol. The molecule has 0 amide bonds. The first-order valence-electron chi connectivity index (χ1n) is 8.85. The Bertz CT molecular complexity index is 1100. The molecule has 2 heterocycles. The monoisotopic (exact) mass is 380 g/mol. The highest BCUT2D eigenvalue weighted by Gasteiger charge is 2.19. The molecule has 0 bridgehead atoms. The van der Waals surface area contributed by atoms with E-state index in [0.29, 0.717) is 5.52 Å². The van der Waals surface area contributed by atoms with Gasteiger partial charge in [0.05, 0.1) is 17.3 Å². The molecule has 0 aliphatic heterocycles. The SMILES string of the molecule is COc1c(F)cc2ncc3sccc3c2c1-c1ccc(CCN(C)C)cc1. The maximum atomic E-state index is 14.7. The Labute approximate surface area is 162 Å². The fourth-order valence-electron chi connectivity index (χ4n) is 3.41. The van der Waals surface area contributed by atoms with E-state index in [-0.39, 0.29) is 5.75 Å². The molecule has 0 atom stereocenters. The summed E-state index contributed by atoms with van der Waals surface area (Å²) in [6, 6.07) is 11.8. The molecule has 0 N–H and O–H groups in total. The Balaban J connectivity index is 1.92. The summed E-state index contributed by atoms with van der Waals surface area (Å²) in [4.78, 5) is 6.64. The van der Waals surface area contributed by atoms with Crippen molar-refractivity contribution >= 4 is 32.3 Å². The zero-order chi connectivity index (χ0) is 19.0. The van der Waals surface area contributed by atoms with Crippen molar-refractivity contribution in [1.82, 2.24) is 9.88 Å². The number of thiophene rings is 1. The number of halogens is 1. The molecule has 0 aliphatic rings. The minimum absolute atomic E-state index is 0.268. The Morgan fingerprint density at radius 2 is 1.93 bits per heavy atom. The van der Waals surface area contributed by atoms with Crippen LogP contribution >= 0.6 is 11.3 Å². The molecule has 0 saturated heterocycles. The van der Waals surface area contributed by atoms with E-state index >= 15 is 0 Å². The maximum Gasteiger partial charge on any atom is 0.167 e. The van der Waals surface area contributed by atoms with E-state index in [2.05, 4.69) is 42.2 Å². The van der Waals surface area contributed by atoms with Gasteiger partial charge in [0.25, 0.3) is 0 Å². The molecule has 4 rings (SSSR count). The van der Waals surface area contributed by atoms with E-state index in [0.717, 1.165) is 39.6 Å². The molecule has 0 unspecified atom stereocenters. The highest BCUT2D eigenvalue weighted by molar-refractivity contribution is 7.17. The topological polar surface area (TPSA) is 25.4 Å². The number of hydrogen-bond acceptors (Lipinski definition) is 4. The lowest BCUT2D eigenvalue weighted by molar-refractivity contribution is 0.389. The van der Waals surface area contributed by atoms with E-state index in [4.69, 9.17) is 4.74 Å². The normalized spacial score (nSPS) is 11.6. The number of fused-ring (bicyclic) bond motifs is 3. The number of rotatable bonds is 5. The minimum atomic E-state index is -0.390. The van der Waals surface area contributed by atoms with Crippen LogP contribution in [0.15, 0.2) is 48.0 Å². The van der Waals surface area contributed by atoms with Gasteiger partial charge in [0, 0.05) is 35.1 Å². The van der Waals surface area contributed by atoms with Gasteiger partial charge in [-0.1, -0.05) is 24.3 Å². The summed E-state index contributed by atoms with van der Waals surface area (Å²) in [6.45, 7) is 0.991. The Hall–Kier alpha value is -2.50. The molecule has 5 heteroatoms. The number of likely N-dealkylation sites (N-methyl/N-ethyl adjacent to an activating group) is 1. The molecule has 0 fully saturated rings. The first-order valence-corrected chi connectivity index (χ1v) is 9.73. The van der Waals surface area contributed by atoms with E-state index in [1.807, 2.05) is 23.7 Å². The minimum Gasteiger partial charge on any atom is -0.493 e. The van der Waals surface area contributed by atoms with Gasteiger partial charge in [-0.15, -0.1) is 11.3 Å². The average molecular weight is 380 g/mol. The second-order valence-electron chi connectivity index (χ2n) is 6.87. The van der Waals surface area contributed by atoms with Crippen LogP contribution in [-0.4, -0.2) is 37.6 Å². The molecule has 0 radical (unpaired) electrons. The van der Waals surface area contributed by atoms with Gasteiger partial charge in [0.2, 0.25) is 0 Å². The van der Waals surface area contributed by atoms with Crippen LogP contribution in [0.25, 0.3) is 32.1 Å². The van der Waals surface area contributed by atoms with Gasteiger partial charge in [-0.2, -0.15) is 0 Å². The smallest absolute Gasteiger partial charge is 0.167 e. The summed E-state index contributed by atoms with van der Waals surface area (Å²) < 4.78 is 21.3. The zero-order valence-corrected chi connectivity index (χ0v) is 16.4. The molecular formula is C22H21FN2OS. The van der Waals surface area contributed by atoms with Crippen LogP contribution in [0.4, 0.5) is 4.39 Å². The quantitative estimate of drug-likeness (QED) is 0.465. The highest BCUT2D eigenvalue weighted by atomic mass is 32.1. The third-order valence-corrected chi connectivity index (χ3v) is 5.64. The lowest BCUT2D eigenvalue weighted by atomic mass is 9.96. The predicted octanol–water partition coefficient (Wildman–Crippen LogP) is 5.37. The van der Waals surface area contributed by atoms with Crippen molar-refractivity contribution in [1.29, 1.82) is 0 Å². The summed E-state index contributed by atoms with van der Waals surface area (Å²) in [5.74, 6) is -0.122. The van der Waals surface area contributed by atoms with Crippen molar-refractivity contribution < 1.29 is 9.13 Å². The van der Waals surface area contributed by atoms with Crippen LogP contribution in [0.1, 0.15) is 5.56 Å². The number of methoxy groups -OCH3 is 1. The highest BCUT2D eigenvalue weighted by Crippen LogP contribution is 2.42. The first-order chi connectivity index (χ1) is 13.1. The van der Waals surface area contributed by atoms with Gasteiger partial charge in [0.15, 0.2) is 11.6 Å². The number of hydrogen-bond donors (Lipinski definition) is 0. The van der Waals surface area contributed by atoms with E-state index in [1.54, 1.807) is 11.3 Å². The Kier molecular flexibility index (Phi) is 4.81. The molecule has 138 valence electrons. The molecule has 0 aliphatic carbocycles. The number of benzene rings is 2. The lowest BCUT2D eigenvalue weighted by Gasteiger charge is -2.15. The lowest BCUT2D eigenvalue weighted by Crippen LogP contribution is -2.14. The van der Waals surface area contributed by atoms with Crippen molar-refractivity contribution in [2.24, 2.45) is 0 Å². The standard InChI is InChI=1S/C22H21FN2OS/c1-25(2)10-8-14-4-6-15(7-5-14)20-21-16-9-11-27-19(16)13-24-18(21)12-17(23)22(20)26-3/h4-7,9,11-13H,8,10H2,1-3H3. The summed E-state index contributed by atoms with van der Waals surface area (Å²) in [5.41, 5.74) is 3.60. The number of nitrogens with zero attached hydrogens (tertiary/aromatic N) is 2. The maximum absolute atomic E-state index is 14.7. The second-order valence-corrected chi connectivity index (χ2v) is 7.82. The summed E-state index contributed by atoms with van der Waals surface area (Å²) in [6.07, 6.45) is 2.78. The third kappa shape index (κ3) is 3.29. The van der Waals surface area contributed by atoms with Gasteiger partial charge in [0.1, 0.15) is 0 Å². The van der Waals surface area contributed by atoms with E-state index in [9.17, 15) is 4.39 Å². The van der Waals surface area contributed by atoms with Crippen LogP contribution in [0.5, 0.6) is 5.75 Å². The number of aromatic nitrogens is 1. The molecule has 0 saturated carbocycles. The second kappa shape index (κ2) is 7.25. The predicted molar refractivity (Wildman–Crippen MR) is 111 cm³/mol. The summed E-state index contributed by atoms with van der Waals surface area (Å²) in [7, 11) is 5.65. The fraction of sp³-hybridized carbons (Fsp3) is 0.227. The van der Waals surface area contributed by atoms with Gasteiger partial charge >= 0.3 is 0 Å². The summed E-state index contributed by atoms with van der Waals surface area (Å²) in [5, 5.41) is 4.05. The molecule has 3 nitrogen and oxygen atoms in total. The van der Waals surface area contributed by atoms with Crippen LogP contribution in [0, 0.1) is 5.82 Å². The van der Waals surface area contributed by atoms with Crippen LogP contribution in [-0.2, 0) is 6.42 Å². The molecule has 2 aromatic carbocycles. The third-order valence-electron chi connectivity index (χ3n) is 4.79. The van der Waals surface area contributed by atoms with Gasteiger partial charge in [-0.05, 0) is 43.1 Å². The molecule has 2 aromatic heterocycles. The molecule has 27 heavy (non-hydrogen) atoms. The van der Waals surface area contributed by atoms with Crippen LogP contribution in [0.3, 0.4) is 0 Å². The number of ether oxygens (including phenoxy) is 1. The van der Waals surface area contributed by atoms with E-state index in [1.165, 1.54) is 18.7 Å². The Morgan fingerprint density at radius 3 is 2.63 bits per heavy atom. The molecule has 0 spiro atoms. The van der Waals surface area contributed by atoms with Crippen LogP contribution < -0.4 is 4.74 Å². The van der Waals surface area contributed by atoms with Gasteiger partial charge < -0.3 is 9.64 Å². The van der Waals surface area contributed by atoms with Gasteiger partial charge in [-0.3, -0.25) is 4.98 Å². The molecule has 4 aromatic rings. The fourth-order valence-corrected chi connectivity index (χ4v) is 4.18. The van der Waals surface area contributed by atoms with Crippen molar-refractivity contribution in [3.63, 3.8) is 0 Å². The first kappa shape index (κ1) is 17.9. The average Bonchev–Trinajstić information content (AvgIpc) is 3.14. The summed E-state index contributed by atoms with van der Waals surface area (Å²) >= 11 is 1.63. The zero-order valence-electron chi connectivity index (χ0n) is 15.6.